The smallest absolute Gasteiger partial charge is 0.309 e. The summed E-state index contributed by atoms with van der Waals surface area (Å²) >= 11 is 7.84. The van der Waals surface area contributed by atoms with Crippen LogP contribution in [0.4, 0.5) is 0 Å². The summed E-state index contributed by atoms with van der Waals surface area (Å²) in [6, 6.07) is 7.77. The number of carbonyl (C=O) groups is 3. The first-order valence-electron chi connectivity index (χ1n) is 19.6. The van der Waals surface area contributed by atoms with E-state index in [0.29, 0.717) is 41.4 Å². The number of carboxylic acid groups (broad SMARTS) is 1. The molecule has 0 spiro atoms. The van der Waals surface area contributed by atoms with Crippen molar-refractivity contribution < 1.29 is 24.2 Å². The van der Waals surface area contributed by atoms with E-state index in [9.17, 15) is 19.5 Å². The Labute approximate surface area is 319 Å². The van der Waals surface area contributed by atoms with Crippen molar-refractivity contribution in [2.24, 2.45) is 45.3 Å². The van der Waals surface area contributed by atoms with Gasteiger partial charge in [0.05, 0.1) is 17.3 Å². The molecule has 0 amide bonds. The number of carboxylic acids is 1. The molecule has 1 aromatic carbocycles. The number of hydrogen-bond acceptors (Lipinski definition) is 7. The summed E-state index contributed by atoms with van der Waals surface area (Å²) < 4.78 is 5.95. The molecule has 3 saturated carbocycles. The Morgan fingerprint density at radius 1 is 1.04 bits per heavy atom. The van der Waals surface area contributed by atoms with Gasteiger partial charge in [0.2, 0.25) is 0 Å². The second-order valence-electron chi connectivity index (χ2n) is 18.5. The lowest BCUT2D eigenvalue weighted by atomic mass is 9.35. The summed E-state index contributed by atoms with van der Waals surface area (Å²) in [6.45, 7) is 19.6. The van der Waals surface area contributed by atoms with Crippen LogP contribution >= 0.6 is 22.9 Å². The molecule has 52 heavy (non-hydrogen) atoms. The first-order valence-corrected chi connectivity index (χ1v) is 20.8. The van der Waals surface area contributed by atoms with Crippen LogP contribution in [0.2, 0.25) is 5.02 Å². The summed E-state index contributed by atoms with van der Waals surface area (Å²) in [5.41, 5.74) is 2.02. The highest BCUT2D eigenvalue weighted by atomic mass is 35.5. The zero-order valence-electron chi connectivity index (χ0n) is 32.7. The van der Waals surface area contributed by atoms with Crippen LogP contribution < -0.4 is 0 Å². The number of fused-ring (bicyclic) bond motifs is 5. The van der Waals surface area contributed by atoms with Gasteiger partial charge in [-0.2, -0.15) is 0 Å². The topological polar surface area (TPSA) is 106 Å². The molecule has 0 unspecified atom stereocenters. The van der Waals surface area contributed by atoms with Crippen LogP contribution in [0.15, 0.2) is 35.4 Å². The molecule has 3 fully saturated rings. The first-order chi connectivity index (χ1) is 24.3. The third kappa shape index (κ3) is 6.29. The standard InChI is InChI=1S/C43H59ClN2O5S/c1-10-29(51-33(48)24-39(5,6)38(49)50)18-19-40(7)26(4)17-20-42(9)32(40)16-15-30-35-34(25(2)3)31(47)23-43(35,22-21-41(30,42)8)37-46-45-36(52-37)27-11-13-28(44)14-12-27/h11-14,25-26,29-30,32H,10,15-24H2,1-9H3,(H,49,50)/t26-,29-,30-,32-,40+,41-,42-,43-/m1/s1. The molecular weight excluding hydrogens is 692 g/mol. The van der Waals surface area contributed by atoms with Gasteiger partial charge in [-0.15, -0.1) is 10.2 Å². The molecule has 0 aliphatic heterocycles. The number of aliphatic carboxylic acids is 1. The molecule has 284 valence electrons. The fourth-order valence-electron chi connectivity index (χ4n) is 11.4. The number of allylic oxidation sites excluding steroid dienone is 2. The number of ketones is 1. The van der Waals surface area contributed by atoms with Gasteiger partial charge in [-0.1, -0.05) is 83.5 Å². The summed E-state index contributed by atoms with van der Waals surface area (Å²) in [6.07, 6.45) is 9.00. The monoisotopic (exact) mass is 750 g/mol. The lowest BCUT2D eigenvalue weighted by Gasteiger charge is -2.69. The van der Waals surface area contributed by atoms with Gasteiger partial charge in [-0.05, 0) is 135 Å². The van der Waals surface area contributed by atoms with Crippen molar-refractivity contribution >= 4 is 40.7 Å². The van der Waals surface area contributed by atoms with E-state index in [1.165, 1.54) is 12.0 Å². The van der Waals surface area contributed by atoms with Gasteiger partial charge in [-0.3, -0.25) is 14.4 Å². The number of rotatable bonds is 11. The van der Waals surface area contributed by atoms with Crippen molar-refractivity contribution in [3.8, 4) is 10.6 Å². The molecule has 6 rings (SSSR count). The first kappa shape index (κ1) is 39.1. The Morgan fingerprint density at radius 3 is 2.37 bits per heavy atom. The third-order valence-corrected chi connectivity index (χ3v) is 16.4. The molecular formula is C43H59ClN2O5S. The van der Waals surface area contributed by atoms with Crippen LogP contribution in [0, 0.1) is 45.3 Å². The highest BCUT2D eigenvalue weighted by molar-refractivity contribution is 7.14. The van der Waals surface area contributed by atoms with Gasteiger partial charge in [0.15, 0.2) is 5.78 Å². The number of nitrogens with zero attached hydrogens (tertiary/aromatic N) is 2. The maximum absolute atomic E-state index is 14.1. The molecule has 4 aliphatic rings. The molecule has 8 atom stereocenters. The molecule has 1 aromatic heterocycles. The average molecular weight is 751 g/mol. The minimum absolute atomic E-state index is 0.0175. The van der Waals surface area contributed by atoms with Gasteiger partial charge in [-0.25, -0.2) is 0 Å². The second kappa shape index (κ2) is 13.9. The lowest BCUT2D eigenvalue weighted by molar-refractivity contribution is -0.184. The maximum Gasteiger partial charge on any atom is 0.309 e. The number of halogens is 1. The number of carbonyl (C=O) groups excluding carboxylic acids is 2. The normalized spacial score (nSPS) is 33.8. The Balaban J connectivity index is 1.30. The van der Waals surface area contributed by atoms with Crippen LogP contribution in [-0.4, -0.2) is 39.1 Å². The fourth-order valence-corrected chi connectivity index (χ4v) is 12.7. The van der Waals surface area contributed by atoms with Crippen molar-refractivity contribution in [3.05, 3.63) is 45.4 Å². The predicted octanol–water partition coefficient (Wildman–Crippen LogP) is 10.9. The highest BCUT2D eigenvalue weighted by Crippen LogP contribution is 2.75. The van der Waals surface area contributed by atoms with Gasteiger partial charge in [0.25, 0.3) is 0 Å². The predicted molar refractivity (Wildman–Crippen MR) is 207 cm³/mol. The molecule has 0 saturated heterocycles. The van der Waals surface area contributed by atoms with Crippen LogP contribution in [-0.2, 0) is 24.5 Å². The van der Waals surface area contributed by atoms with E-state index in [1.54, 1.807) is 25.2 Å². The van der Waals surface area contributed by atoms with Crippen LogP contribution in [0.1, 0.15) is 138 Å². The molecule has 4 aliphatic carbocycles. The number of ether oxygens (including phenoxy) is 1. The van der Waals surface area contributed by atoms with E-state index in [1.807, 2.05) is 24.3 Å². The minimum atomic E-state index is -1.16. The lowest BCUT2D eigenvalue weighted by Crippen LogP contribution is -2.62. The van der Waals surface area contributed by atoms with Gasteiger partial charge in [0, 0.05) is 17.0 Å². The fraction of sp³-hybridized carbons (Fsp3) is 0.698. The zero-order valence-corrected chi connectivity index (χ0v) is 34.3. The molecule has 0 radical (unpaired) electrons. The van der Waals surface area contributed by atoms with E-state index in [4.69, 9.17) is 21.4 Å². The van der Waals surface area contributed by atoms with Gasteiger partial charge < -0.3 is 9.84 Å². The van der Waals surface area contributed by atoms with E-state index in [0.717, 1.165) is 66.1 Å². The number of esters is 1. The summed E-state index contributed by atoms with van der Waals surface area (Å²) in [5, 5.41) is 21.7. The van der Waals surface area contributed by atoms with Crippen LogP contribution in [0.5, 0.6) is 0 Å². The van der Waals surface area contributed by atoms with Crippen molar-refractivity contribution in [2.75, 3.05) is 0 Å². The van der Waals surface area contributed by atoms with E-state index < -0.39 is 22.8 Å². The Hall–Kier alpha value is -2.58. The number of hydrogen-bond donors (Lipinski definition) is 1. The van der Waals surface area contributed by atoms with Crippen LogP contribution in [0.3, 0.4) is 0 Å². The quantitative estimate of drug-likeness (QED) is 0.228. The highest BCUT2D eigenvalue weighted by Gasteiger charge is 2.68. The van der Waals surface area contributed by atoms with Crippen molar-refractivity contribution in [1.29, 1.82) is 0 Å². The summed E-state index contributed by atoms with van der Waals surface area (Å²) in [5.74, 6) is 0.336. The number of benzene rings is 1. The van der Waals surface area contributed by atoms with E-state index >= 15 is 0 Å². The maximum atomic E-state index is 14.1. The van der Waals surface area contributed by atoms with Crippen LogP contribution in [0.25, 0.3) is 10.6 Å². The van der Waals surface area contributed by atoms with Gasteiger partial charge in [0.1, 0.15) is 16.1 Å². The molecule has 0 bridgehead atoms. The number of aromatic nitrogens is 2. The number of Topliss-reactive ketones (excluding diaryl/α,β-unsaturated/α-hetero) is 1. The van der Waals surface area contributed by atoms with E-state index in [-0.39, 0.29) is 34.7 Å². The molecule has 1 N–H and O–H groups in total. The van der Waals surface area contributed by atoms with Gasteiger partial charge >= 0.3 is 11.9 Å². The molecule has 7 nitrogen and oxygen atoms in total. The third-order valence-electron chi connectivity index (χ3n) is 15.0. The molecule has 1 heterocycles. The van der Waals surface area contributed by atoms with Crippen molar-refractivity contribution in [1.82, 2.24) is 10.2 Å². The average Bonchev–Trinajstić information content (AvgIpc) is 3.69. The second-order valence-corrected chi connectivity index (χ2v) is 19.9. The summed E-state index contributed by atoms with van der Waals surface area (Å²) in [4.78, 5) is 38.7. The Bertz CT molecular complexity index is 1750. The molecule has 2 aromatic rings. The minimum Gasteiger partial charge on any atom is -0.481 e. The van der Waals surface area contributed by atoms with E-state index in [2.05, 4.69) is 53.6 Å². The Morgan fingerprint density at radius 2 is 1.73 bits per heavy atom. The molecule has 9 heteroatoms. The SMILES string of the molecule is CC[C@H](CC[C@@]1(C)[C@H](C)CC[C@]2(C)[C@@H]1CC[C@@H]1C3=C(C(C)C)C(=O)C[C@]3(c3nnc(-c4ccc(Cl)cc4)s3)CC[C@]12C)OC(=O)CC(C)(C)C(=O)O. The summed E-state index contributed by atoms with van der Waals surface area (Å²) in [7, 11) is 0. The largest absolute Gasteiger partial charge is 0.481 e. The van der Waals surface area contributed by atoms with Crippen molar-refractivity contribution in [2.45, 2.75) is 144 Å². The Kier molecular flexibility index (Phi) is 10.5. The zero-order chi connectivity index (χ0) is 38.0. The van der Waals surface area contributed by atoms with Crippen molar-refractivity contribution in [3.63, 3.8) is 0 Å².